The Kier molecular flexibility index (Phi) is 5.63. The molecule has 2 unspecified atom stereocenters. The van der Waals surface area contributed by atoms with Crippen molar-refractivity contribution in [1.29, 1.82) is 0 Å². The molecule has 0 radical (unpaired) electrons. The van der Waals surface area contributed by atoms with Crippen molar-refractivity contribution in [3.8, 4) is 0 Å². The van der Waals surface area contributed by atoms with Gasteiger partial charge in [-0.05, 0) is 38.5 Å². The maximum atomic E-state index is 12.0. The predicted molar refractivity (Wildman–Crippen MR) is 70.1 cm³/mol. The Morgan fingerprint density at radius 3 is 2.11 bits per heavy atom. The molecule has 0 aromatic carbocycles. The minimum atomic E-state index is -0.721. The van der Waals surface area contributed by atoms with Gasteiger partial charge in [0.1, 0.15) is 0 Å². The second-order valence-corrected chi connectivity index (χ2v) is 5.57. The topological polar surface area (TPSA) is 66.4 Å². The van der Waals surface area contributed by atoms with Gasteiger partial charge in [-0.15, -0.1) is 0 Å². The third-order valence-electron chi connectivity index (χ3n) is 4.31. The number of nitrogens with one attached hydrogen (secondary N) is 1. The SMILES string of the molecule is CCC(C)C(C)NC(=O)C1CCC(C(=O)O)CC1. The van der Waals surface area contributed by atoms with Crippen LogP contribution >= 0.6 is 0 Å². The van der Waals surface area contributed by atoms with E-state index in [2.05, 4.69) is 19.2 Å². The molecule has 18 heavy (non-hydrogen) atoms. The van der Waals surface area contributed by atoms with Crippen molar-refractivity contribution < 1.29 is 14.7 Å². The predicted octanol–water partition coefficient (Wildman–Crippen LogP) is 2.43. The van der Waals surface area contributed by atoms with Crippen molar-refractivity contribution in [2.75, 3.05) is 0 Å². The van der Waals surface area contributed by atoms with Crippen molar-refractivity contribution in [2.45, 2.75) is 58.9 Å². The molecule has 1 fully saturated rings. The van der Waals surface area contributed by atoms with Crippen molar-refractivity contribution in [3.05, 3.63) is 0 Å². The van der Waals surface area contributed by atoms with Gasteiger partial charge < -0.3 is 10.4 Å². The third-order valence-corrected chi connectivity index (χ3v) is 4.31. The van der Waals surface area contributed by atoms with E-state index in [-0.39, 0.29) is 23.8 Å². The molecule has 104 valence electrons. The maximum absolute atomic E-state index is 12.0. The summed E-state index contributed by atoms with van der Waals surface area (Å²) < 4.78 is 0. The summed E-state index contributed by atoms with van der Waals surface area (Å²) in [7, 11) is 0. The van der Waals surface area contributed by atoms with Gasteiger partial charge in [-0.2, -0.15) is 0 Å². The highest BCUT2D eigenvalue weighted by Crippen LogP contribution is 2.29. The lowest BCUT2D eigenvalue weighted by molar-refractivity contribution is -0.144. The van der Waals surface area contributed by atoms with Gasteiger partial charge in [0.2, 0.25) is 5.91 Å². The molecule has 2 atom stereocenters. The summed E-state index contributed by atoms with van der Waals surface area (Å²) in [5, 5.41) is 12.0. The molecule has 0 spiro atoms. The molecule has 0 saturated heterocycles. The summed E-state index contributed by atoms with van der Waals surface area (Å²) in [5.74, 6) is -0.383. The van der Waals surface area contributed by atoms with Gasteiger partial charge >= 0.3 is 5.97 Å². The number of hydrogen-bond acceptors (Lipinski definition) is 2. The van der Waals surface area contributed by atoms with Crippen LogP contribution in [0, 0.1) is 17.8 Å². The van der Waals surface area contributed by atoms with Crippen molar-refractivity contribution in [1.82, 2.24) is 5.32 Å². The first kappa shape index (κ1) is 15.0. The van der Waals surface area contributed by atoms with Crippen LogP contribution in [0.3, 0.4) is 0 Å². The molecule has 4 heteroatoms. The number of hydrogen-bond donors (Lipinski definition) is 2. The molecule has 1 aliphatic carbocycles. The second kappa shape index (κ2) is 6.76. The zero-order valence-electron chi connectivity index (χ0n) is 11.6. The molecule has 0 aliphatic heterocycles. The molecule has 0 heterocycles. The van der Waals surface area contributed by atoms with Crippen molar-refractivity contribution in [2.24, 2.45) is 17.8 Å². The largest absolute Gasteiger partial charge is 0.481 e. The molecule has 0 aromatic heterocycles. The van der Waals surface area contributed by atoms with Crippen LogP contribution in [0.2, 0.25) is 0 Å². The first-order valence-corrected chi connectivity index (χ1v) is 6.98. The van der Waals surface area contributed by atoms with Gasteiger partial charge in [-0.3, -0.25) is 9.59 Å². The maximum Gasteiger partial charge on any atom is 0.306 e. The van der Waals surface area contributed by atoms with Crippen molar-refractivity contribution in [3.63, 3.8) is 0 Å². The summed E-state index contributed by atoms with van der Waals surface area (Å²) in [6.45, 7) is 6.28. The number of carboxylic acid groups (broad SMARTS) is 1. The highest BCUT2D eigenvalue weighted by atomic mass is 16.4. The van der Waals surface area contributed by atoms with E-state index >= 15 is 0 Å². The normalized spacial score (nSPS) is 27.3. The molecule has 1 amide bonds. The highest BCUT2D eigenvalue weighted by Gasteiger charge is 2.30. The average molecular weight is 255 g/mol. The summed E-state index contributed by atoms with van der Waals surface area (Å²) in [6, 6.07) is 0.194. The molecule has 0 bridgehead atoms. The Hall–Kier alpha value is -1.06. The average Bonchev–Trinajstić information content (AvgIpc) is 2.37. The number of aliphatic carboxylic acids is 1. The Morgan fingerprint density at radius 2 is 1.67 bits per heavy atom. The Bertz CT molecular complexity index is 295. The van der Waals surface area contributed by atoms with Gasteiger partial charge in [0.15, 0.2) is 0 Å². The van der Waals surface area contributed by atoms with Gasteiger partial charge in [0.25, 0.3) is 0 Å². The monoisotopic (exact) mass is 255 g/mol. The van der Waals surface area contributed by atoms with Crippen molar-refractivity contribution >= 4 is 11.9 Å². The minimum Gasteiger partial charge on any atom is -0.481 e. The summed E-state index contributed by atoms with van der Waals surface area (Å²) in [6.07, 6.45) is 3.72. The zero-order valence-corrected chi connectivity index (χ0v) is 11.6. The fourth-order valence-corrected chi connectivity index (χ4v) is 2.44. The number of amides is 1. The standard InChI is InChI=1S/C14H25NO3/c1-4-9(2)10(3)15-13(16)11-5-7-12(8-6-11)14(17)18/h9-12H,4-8H2,1-3H3,(H,15,16)(H,17,18). The van der Waals surface area contributed by atoms with Gasteiger partial charge in [-0.25, -0.2) is 0 Å². The molecule has 1 rings (SSSR count). The molecule has 0 aromatic rings. The summed E-state index contributed by atoms with van der Waals surface area (Å²) in [4.78, 5) is 22.9. The molecular formula is C14H25NO3. The fraction of sp³-hybridized carbons (Fsp3) is 0.857. The van der Waals surface area contributed by atoms with Crippen LogP contribution < -0.4 is 5.32 Å². The Morgan fingerprint density at radius 1 is 1.17 bits per heavy atom. The van der Waals surface area contributed by atoms with Crippen LogP contribution in [0.4, 0.5) is 0 Å². The first-order valence-electron chi connectivity index (χ1n) is 6.98. The fourth-order valence-electron chi connectivity index (χ4n) is 2.44. The first-order chi connectivity index (χ1) is 8.45. The minimum absolute atomic E-state index is 0.00658. The van der Waals surface area contributed by atoms with Crippen LogP contribution in [0.1, 0.15) is 52.9 Å². The lowest BCUT2D eigenvalue weighted by atomic mass is 9.81. The van der Waals surface area contributed by atoms with E-state index in [1.807, 2.05) is 6.92 Å². The lowest BCUT2D eigenvalue weighted by Crippen LogP contribution is -2.41. The molecular weight excluding hydrogens is 230 g/mol. The van der Waals surface area contributed by atoms with E-state index in [4.69, 9.17) is 5.11 Å². The molecule has 1 saturated carbocycles. The second-order valence-electron chi connectivity index (χ2n) is 5.57. The summed E-state index contributed by atoms with van der Waals surface area (Å²) in [5.41, 5.74) is 0. The van der Waals surface area contributed by atoms with Crippen LogP contribution in [-0.4, -0.2) is 23.0 Å². The number of rotatable bonds is 5. The highest BCUT2D eigenvalue weighted by molar-refractivity contribution is 5.79. The van der Waals surface area contributed by atoms with Gasteiger partial charge in [0.05, 0.1) is 5.92 Å². The number of carbonyl (C=O) groups is 2. The third kappa shape index (κ3) is 4.00. The molecule has 1 aliphatic rings. The lowest BCUT2D eigenvalue weighted by Gasteiger charge is -2.28. The number of carboxylic acids is 1. The quantitative estimate of drug-likeness (QED) is 0.793. The van der Waals surface area contributed by atoms with Crippen LogP contribution in [0.25, 0.3) is 0 Å². The molecule has 2 N–H and O–H groups in total. The van der Waals surface area contributed by atoms with Crippen LogP contribution in [0.15, 0.2) is 0 Å². The number of carbonyl (C=O) groups excluding carboxylic acids is 1. The van der Waals surface area contributed by atoms with E-state index in [0.717, 1.165) is 6.42 Å². The van der Waals surface area contributed by atoms with E-state index in [1.165, 1.54) is 0 Å². The van der Waals surface area contributed by atoms with E-state index in [9.17, 15) is 9.59 Å². The van der Waals surface area contributed by atoms with E-state index in [0.29, 0.717) is 31.6 Å². The Balaban J connectivity index is 2.38. The summed E-state index contributed by atoms with van der Waals surface area (Å²) >= 11 is 0. The zero-order chi connectivity index (χ0) is 13.7. The van der Waals surface area contributed by atoms with Crippen LogP contribution in [-0.2, 0) is 9.59 Å². The smallest absolute Gasteiger partial charge is 0.306 e. The Labute approximate surface area is 109 Å². The van der Waals surface area contributed by atoms with Gasteiger partial charge in [0, 0.05) is 12.0 Å². The van der Waals surface area contributed by atoms with Crippen LogP contribution in [0.5, 0.6) is 0 Å². The van der Waals surface area contributed by atoms with E-state index < -0.39 is 5.97 Å². The van der Waals surface area contributed by atoms with E-state index in [1.54, 1.807) is 0 Å². The van der Waals surface area contributed by atoms with Gasteiger partial charge in [-0.1, -0.05) is 20.3 Å². The molecule has 4 nitrogen and oxygen atoms in total.